The van der Waals surface area contributed by atoms with Gasteiger partial charge in [-0.1, -0.05) is 29.8 Å². The molecule has 1 aliphatic heterocycles. The van der Waals surface area contributed by atoms with Gasteiger partial charge in [0.05, 0.1) is 12.3 Å². The normalized spacial score (nSPS) is 17.4. The Morgan fingerprint density at radius 3 is 2.62 bits per heavy atom. The number of nitrogens with zero attached hydrogens (tertiary/aromatic N) is 2. The van der Waals surface area contributed by atoms with Crippen LogP contribution < -0.4 is 4.90 Å². The molecular formula is C20H19FN2O. The Hall–Kier alpha value is -2.59. The maximum Gasteiger partial charge on any atom is 0.158 e. The Morgan fingerprint density at radius 1 is 1.04 bits per heavy atom. The molecule has 0 radical (unpaired) electrons. The fraction of sp³-hybridized carbons (Fsp3) is 0.200. The number of hydrogen-bond donors (Lipinski definition) is 0. The number of anilines is 1. The van der Waals surface area contributed by atoms with Gasteiger partial charge in [0.15, 0.2) is 6.23 Å². The Labute approximate surface area is 140 Å². The van der Waals surface area contributed by atoms with Gasteiger partial charge in [0.2, 0.25) is 0 Å². The Bertz CT molecular complexity index is 841. The van der Waals surface area contributed by atoms with Crippen LogP contribution in [0.25, 0.3) is 5.69 Å². The predicted molar refractivity (Wildman–Crippen MR) is 92.9 cm³/mol. The first-order valence-electron chi connectivity index (χ1n) is 8.10. The van der Waals surface area contributed by atoms with E-state index in [0.717, 1.165) is 17.8 Å². The molecule has 3 nitrogen and oxygen atoms in total. The second-order valence-electron chi connectivity index (χ2n) is 6.06. The molecule has 0 amide bonds. The zero-order valence-corrected chi connectivity index (χ0v) is 13.5. The van der Waals surface area contributed by atoms with Crippen molar-refractivity contribution in [3.8, 4) is 5.69 Å². The summed E-state index contributed by atoms with van der Waals surface area (Å²) >= 11 is 0. The molecule has 4 rings (SSSR count). The van der Waals surface area contributed by atoms with Gasteiger partial charge in [-0.15, -0.1) is 0 Å². The fourth-order valence-corrected chi connectivity index (χ4v) is 3.12. The lowest BCUT2D eigenvalue weighted by Crippen LogP contribution is -2.22. The number of benzene rings is 2. The summed E-state index contributed by atoms with van der Waals surface area (Å²) in [6, 6.07) is 17.2. The molecule has 1 atom stereocenters. The second kappa shape index (κ2) is 6.13. The van der Waals surface area contributed by atoms with E-state index in [4.69, 9.17) is 4.74 Å². The number of aromatic nitrogens is 1. The lowest BCUT2D eigenvalue weighted by atomic mass is 10.2. The molecule has 1 aliphatic rings. The number of aryl methyl sites for hydroxylation is 1. The van der Waals surface area contributed by atoms with Gasteiger partial charge in [-0.2, -0.15) is 0 Å². The van der Waals surface area contributed by atoms with Crippen LogP contribution in [0.3, 0.4) is 0 Å². The monoisotopic (exact) mass is 322 g/mol. The number of rotatable bonds is 3. The maximum absolute atomic E-state index is 14.0. The summed E-state index contributed by atoms with van der Waals surface area (Å²) in [6.07, 6.45) is 3.68. The van der Waals surface area contributed by atoms with Crippen molar-refractivity contribution in [3.05, 3.63) is 83.9 Å². The molecule has 24 heavy (non-hydrogen) atoms. The first-order chi connectivity index (χ1) is 11.7. The molecule has 0 spiro atoms. The molecular weight excluding hydrogens is 303 g/mol. The van der Waals surface area contributed by atoms with Crippen LogP contribution >= 0.6 is 0 Å². The highest BCUT2D eigenvalue weighted by atomic mass is 19.1. The molecule has 0 N–H and O–H groups in total. The van der Waals surface area contributed by atoms with Crippen molar-refractivity contribution in [1.29, 1.82) is 0 Å². The van der Waals surface area contributed by atoms with Crippen LogP contribution in [0.1, 0.15) is 17.4 Å². The quantitative estimate of drug-likeness (QED) is 0.708. The van der Waals surface area contributed by atoms with E-state index in [-0.39, 0.29) is 12.0 Å². The first-order valence-corrected chi connectivity index (χ1v) is 8.10. The average molecular weight is 322 g/mol. The summed E-state index contributed by atoms with van der Waals surface area (Å²) in [5.74, 6) is -0.234. The van der Waals surface area contributed by atoms with Crippen LogP contribution in [0.4, 0.5) is 10.1 Å². The highest BCUT2D eigenvalue weighted by molar-refractivity contribution is 5.50. The lowest BCUT2D eigenvalue weighted by Gasteiger charge is -2.24. The molecule has 0 saturated carbocycles. The van der Waals surface area contributed by atoms with E-state index in [1.54, 1.807) is 16.7 Å². The van der Waals surface area contributed by atoms with Gasteiger partial charge < -0.3 is 14.2 Å². The lowest BCUT2D eigenvalue weighted by molar-refractivity contribution is 0.114. The van der Waals surface area contributed by atoms with Gasteiger partial charge in [0, 0.05) is 30.2 Å². The van der Waals surface area contributed by atoms with Crippen LogP contribution in [0.2, 0.25) is 0 Å². The van der Waals surface area contributed by atoms with E-state index in [2.05, 4.69) is 36.1 Å². The number of para-hydroxylation sites is 1. The van der Waals surface area contributed by atoms with E-state index in [1.807, 2.05) is 24.5 Å². The van der Waals surface area contributed by atoms with E-state index >= 15 is 0 Å². The third-order valence-corrected chi connectivity index (χ3v) is 4.39. The molecule has 1 unspecified atom stereocenters. The summed E-state index contributed by atoms with van der Waals surface area (Å²) < 4.78 is 21.7. The Kier molecular flexibility index (Phi) is 3.82. The van der Waals surface area contributed by atoms with Crippen LogP contribution in [-0.4, -0.2) is 17.7 Å². The van der Waals surface area contributed by atoms with Crippen molar-refractivity contribution in [1.82, 2.24) is 4.57 Å². The molecule has 3 aromatic rings. The van der Waals surface area contributed by atoms with Gasteiger partial charge in [0.25, 0.3) is 0 Å². The van der Waals surface area contributed by atoms with E-state index in [1.165, 1.54) is 11.6 Å². The van der Waals surface area contributed by atoms with Gasteiger partial charge in [-0.3, -0.25) is 0 Å². The van der Waals surface area contributed by atoms with Crippen LogP contribution in [0.15, 0.2) is 67.0 Å². The summed E-state index contributed by atoms with van der Waals surface area (Å²) in [6.45, 7) is 3.61. The van der Waals surface area contributed by atoms with Crippen molar-refractivity contribution in [3.63, 3.8) is 0 Å². The Balaban J connectivity index is 1.64. The summed E-state index contributed by atoms with van der Waals surface area (Å²) in [5.41, 5.74) is 3.95. The third-order valence-electron chi connectivity index (χ3n) is 4.39. The molecule has 122 valence electrons. The van der Waals surface area contributed by atoms with Crippen LogP contribution in [-0.2, 0) is 4.74 Å². The highest BCUT2D eigenvalue weighted by Gasteiger charge is 2.28. The summed E-state index contributed by atoms with van der Waals surface area (Å²) in [4.78, 5) is 2.24. The molecule has 0 bridgehead atoms. The largest absolute Gasteiger partial charge is 0.352 e. The third kappa shape index (κ3) is 2.69. The minimum absolute atomic E-state index is 0.138. The molecule has 1 fully saturated rings. The molecule has 2 aromatic carbocycles. The van der Waals surface area contributed by atoms with E-state index in [0.29, 0.717) is 12.3 Å². The predicted octanol–water partition coefficient (Wildman–Crippen LogP) is 4.46. The van der Waals surface area contributed by atoms with Crippen molar-refractivity contribution in [2.24, 2.45) is 0 Å². The topological polar surface area (TPSA) is 17.4 Å². The van der Waals surface area contributed by atoms with Gasteiger partial charge >= 0.3 is 0 Å². The maximum atomic E-state index is 14.0. The standard InChI is InChI=1S/C20H19FN2O/c1-15-6-8-17(9-7-15)23-12-13-24-20(23)16-10-11-22(14-16)19-5-3-2-4-18(19)21/h2-11,14,20H,12-13H2,1H3. The zero-order chi connectivity index (χ0) is 16.5. The highest BCUT2D eigenvalue weighted by Crippen LogP contribution is 2.33. The molecule has 4 heteroatoms. The molecule has 0 aliphatic carbocycles. The van der Waals surface area contributed by atoms with Crippen molar-refractivity contribution in [2.75, 3.05) is 18.1 Å². The SMILES string of the molecule is Cc1ccc(N2CCOC2c2ccn(-c3ccccc3F)c2)cc1. The fourth-order valence-electron chi connectivity index (χ4n) is 3.12. The van der Waals surface area contributed by atoms with Gasteiger partial charge in [-0.25, -0.2) is 4.39 Å². The summed E-state index contributed by atoms with van der Waals surface area (Å²) in [7, 11) is 0. The minimum Gasteiger partial charge on any atom is -0.352 e. The molecule has 2 heterocycles. The van der Waals surface area contributed by atoms with Gasteiger partial charge in [0.1, 0.15) is 5.82 Å². The minimum atomic E-state index is -0.234. The van der Waals surface area contributed by atoms with E-state index in [9.17, 15) is 4.39 Å². The Morgan fingerprint density at radius 2 is 1.83 bits per heavy atom. The average Bonchev–Trinajstić information content (AvgIpc) is 3.25. The number of ether oxygens (including phenoxy) is 1. The van der Waals surface area contributed by atoms with Crippen LogP contribution in [0, 0.1) is 12.7 Å². The number of hydrogen-bond acceptors (Lipinski definition) is 2. The van der Waals surface area contributed by atoms with Crippen molar-refractivity contribution < 1.29 is 9.13 Å². The van der Waals surface area contributed by atoms with Crippen molar-refractivity contribution in [2.45, 2.75) is 13.2 Å². The first kappa shape index (κ1) is 15.0. The molecule has 1 aromatic heterocycles. The van der Waals surface area contributed by atoms with Gasteiger partial charge in [-0.05, 0) is 37.3 Å². The van der Waals surface area contributed by atoms with E-state index < -0.39 is 0 Å². The number of halogens is 1. The summed E-state index contributed by atoms with van der Waals surface area (Å²) in [5, 5.41) is 0. The van der Waals surface area contributed by atoms with Crippen LogP contribution in [0.5, 0.6) is 0 Å². The zero-order valence-electron chi connectivity index (χ0n) is 13.5. The second-order valence-corrected chi connectivity index (χ2v) is 6.06. The smallest absolute Gasteiger partial charge is 0.158 e. The van der Waals surface area contributed by atoms with Crippen molar-refractivity contribution >= 4 is 5.69 Å². The molecule has 1 saturated heterocycles.